The largest absolute Gasteiger partial charge is 0.493 e. The molecule has 0 fully saturated rings. The predicted molar refractivity (Wildman–Crippen MR) is 92.4 cm³/mol. The Morgan fingerprint density at radius 3 is 2.15 bits per heavy atom. The molecule has 0 radical (unpaired) electrons. The van der Waals surface area contributed by atoms with Crippen LogP contribution in [0.3, 0.4) is 0 Å². The fourth-order valence-electron chi connectivity index (χ4n) is 1.76. The third-order valence-electron chi connectivity index (χ3n) is 2.73. The molecule has 1 heterocycles. The summed E-state index contributed by atoms with van der Waals surface area (Å²) in [4.78, 5) is -0.0899. The van der Waals surface area contributed by atoms with Crippen molar-refractivity contribution in [2.24, 2.45) is 0 Å². The number of benzene rings is 1. The van der Waals surface area contributed by atoms with Crippen molar-refractivity contribution in [3.8, 4) is 11.5 Å². The zero-order valence-electron chi connectivity index (χ0n) is 10.5. The smallest absolute Gasteiger partial charge is 0.161 e. The highest BCUT2D eigenvalue weighted by Gasteiger charge is 2.21. The molecule has 1 aromatic heterocycles. The van der Waals surface area contributed by atoms with E-state index in [4.69, 9.17) is 32.7 Å². The lowest BCUT2D eigenvalue weighted by Gasteiger charge is -2.15. The van der Waals surface area contributed by atoms with Gasteiger partial charge in [0.15, 0.2) is 11.5 Å². The number of halogens is 4. The van der Waals surface area contributed by atoms with E-state index in [1.165, 1.54) is 11.3 Å². The summed E-state index contributed by atoms with van der Waals surface area (Å²) in [6.07, 6.45) is 0. The van der Waals surface area contributed by atoms with Gasteiger partial charge in [-0.3, -0.25) is 0 Å². The molecule has 0 N–H and O–H groups in total. The van der Waals surface area contributed by atoms with Crippen LogP contribution in [0.5, 0.6) is 11.5 Å². The van der Waals surface area contributed by atoms with Gasteiger partial charge in [-0.2, -0.15) is 0 Å². The first-order chi connectivity index (χ1) is 9.47. The van der Waals surface area contributed by atoms with Gasteiger partial charge in [0.1, 0.15) is 0 Å². The third-order valence-corrected chi connectivity index (χ3v) is 5.92. The predicted octanol–water partition coefficient (Wildman–Crippen LogP) is 6.32. The summed E-state index contributed by atoms with van der Waals surface area (Å²) in [5, 5.41) is 0. The molecule has 2 aromatic rings. The molecule has 1 atom stereocenters. The Labute approximate surface area is 148 Å². The number of rotatable bonds is 4. The third kappa shape index (κ3) is 3.28. The molecule has 0 saturated carbocycles. The van der Waals surface area contributed by atoms with Crippen molar-refractivity contribution >= 4 is 66.4 Å². The summed E-state index contributed by atoms with van der Waals surface area (Å²) in [5.41, 5.74) is 1.91. The number of methoxy groups -OCH3 is 2. The molecule has 0 saturated heterocycles. The monoisotopic (exact) mass is 458 g/mol. The molecule has 1 aromatic carbocycles. The van der Waals surface area contributed by atoms with Crippen molar-refractivity contribution in [1.82, 2.24) is 0 Å². The number of alkyl halides is 1. The van der Waals surface area contributed by atoms with Crippen LogP contribution < -0.4 is 9.47 Å². The Balaban J connectivity index is 2.49. The van der Waals surface area contributed by atoms with Gasteiger partial charge < -0.3 is 9.47 Å². The normalized spacial score (nSPS) is 12.3. The Morgan fingerprint density at radius 2 is 1.65 bits per heavy atom. The minimum absolute atomic E-state index is 0.0899. The van der Waals surface area contributed by atoms with Gasteiger partial charge in [-0.25, -0.2) is 0 Å². The summed E-state index contributed by atoms with van der Waals surface area (Å²) in [6.45, 7) is 0. The van der Waals surface area contributed by atoms with E-state index >= 15 is 0 Å². The number of hydrogen-bond acceptors (Lipinski definition) is 3. The van der Waals surface area contributed by atoms with E-state index in [0.717, 1.165) is 15.6 Å². The van der Waals surface area contributed by atoms with Crippen LogP contribution in [0.2, 0.25) is 8.67 Å². The molecule has 20 heavy (non-hydrogen) atoms. The number of thiophene rings is 1. The zero-order valence-corrected chi connectivity index (χ0v) is 16.0. The molecule has 0 aliphatic heterocycles. The Bertz CT molecular complexity index is 631. The summed E-state index contributed by atoms with van der Waals surface area (Å²) < 4.78 is 12.8. The van der Waals surface area contributed by atoms with Crippen LogP contribution in [0, 0.1) is 0 Å². The molecule has 2 nitrogen and oxygen atoms in total. The standard InChI is InChI=1S/C13H10Br2Cl2O2S/c1-18-9-3-6(8(14)5-10(9)19-2)12(15)7-4-11(16)20-13(7)17/h3-5,12H,1-2H3. The lowest BCUT2D eigenvalue weighted by Crippen LogP contribution is -1.97. The van der Waals surface area contributed by atoms with E-state index in [-0.39, 0.29) is 4.83 Å². The van der Waals surface area contributed by atoms with E-state index in [2.05, 4.69) is 31.9 Å². The van der Waals surface area contributed by atoms with Gasteiger partial charge in [0.2, 0.25) is 0 Å². The maximum atomic E-state index is 6.21. The van der Waals surface area contributed by atoms with Crippen LogP contribution >= 0.6 is 66.4 Å². The van der Waals surface area contributed by atoms with E-state index in [1.807, 2.05) is 18.2 Å². The fraction of sp³-hybridized carbons (Fsp3) is 0.231. The van der Waals surface area contributed by atoms with Gasteiger partial charge >= 0.3 is 0 Å². The fourth-order valence-corrected chi connectivity index (χ4v) is 5.17. The number of ether oxygens (including phenoxy) is 2. The van der Waals surface area contributed by atoms with Gasteiger partial charge in [-0.15, -0.1) is 11.3 Å². The van der Waals surface area contributed by atoms with E-state index in [9.17, 15) is 0 Å². The van der Waals surface area contributed by atoms with Crippen LogP contribution in [0.15, 0.2) is 22.7 Å². The van der Waals surface area contributed by atoms with Crippen molar-refractivity contribution in [3.05, 3.63) is 42.5 Å². The van der Waals surface area contributed by atoms with Crippen molar-refractivity contribution in [1.29, 1.82) is 0 Å². The first-order valence-electron chi connectivity index (χ1n) is 5.48. The summed E-state index contributed by atoms with van der Waals surface area (Å²) in [7, 11) is 3.21. The molecule has 2 rings (SSSR count). The quantitative estimate of drug-likeness (QED) is 0.497. The Hall–Kier alpha value is 0.0600. The maximum Gasteiger partial charge on any atom is 0.161 e. The Kier molecular flexibility index (Phi) is 5.65. The molecule has 108 valence electrons. The molecule has 1 unspecified atom stereocenters. The van der Waals surface area contributed by atoms with Gasteiger partial charge in [0.25, 0.3) is 0 Å². The molecular weight excluding hydrogens is 451 g/mol. The molecule has 0 aliphatic rings. The van der Waals surface area contributed by atoms with Gasteiger partial charge in [0, 0.05) is 10.0 Å². The van der Waals surface area contributed by atoms with Crippen molar-refractivity contribution in [3.63, 3.8) is 0 Å². The SMILES string of the molecule is COc1cc(Br)c(C(Br)c2cc(Cl)sc2Cl)cc1OC. The highest BCUT2D eigenvalue weighted by atomic mass is 79.9. The highest BCUT2D eigenvalue weighted by molar-refractivity contribution is 9.11. The molecule has 7 heteroatoms. The van der Waals surface area contributed by atoms with Crippen molar-refractivity contribution in [2.45, 2.75) is 4.83 Å². The van der Waals surface area contributed by atoms with Crippen LogP contribution in [0.4, 0.5) is 0 Å². The van der Waals surface area contributed by atoms with E-state index in [0.29, 0.717) is 20.2 Å². The average Bonchev–Trinajstić information content (AvgIpc) is 2.76. The maximum absolute atomic E-state index is 6.21. The molecular formula is C13H10Br2Cl2O2S. The highest BCUT2D eigenvalue weighted by Crippen LogP contribution is 2.46. The van der Waals surface area contributed by atoms with Crippen LogP contribution in [0.1, 0.15) is 16.0 Å². The lowest BCUT2D eigenvalue weighted by atomic mass is 10.1. The number of hydrogen-bond donors (Lipinski definition) is 0. The molecule has 0 aliphatic carbocycles. The Morgan fingerprint density at radius 1 is 1.05 bits per heavy atom. The van der Waals surface area contributed by atoms with Crippen LogP contribution in [-0.2, 0) is 0 Å². The average molecular weight is 461 g/mol. The van der Waals surface area contributed by atoms with E-state index < -0.39 is 0 Å². The van der Waals surface area contributed by atoms with Crippen molar-refractivity contribution < 1.29 is 9.47 Å². The summed E-state index contributed by atoms with van der Waals surface area (Å²) in [5.74, 6) is 1.32. The van der Waals surface area contributed by atoms with Crippen LogP contribution in [-0.4, -0.2) is 14.2 Å². The minimum atomic E-state index is -0.0899. The van der Waals surface area contributed by atoms with E-state index in [1.54, 1.807) is 14.2 Å². The summed E-state index contributed by atoms with van der Waals surface area (Å²) >= 11 is 20.8. The lowest BCUT2D eigenvalue weighted by molar-refractivity contribution is 0.354. The van der Waals surface area contributed by atoms with Crippen LogP contribution in [0.25, 0.3) is 0 Å². The summed E-state index contributed by atoms with van der Waals surface area (Å²) in [6, 6.07) is 5.63. The van der Waals surface area contributed by atoms with Gasteiger partial charge in [0.05, 0.1) is 27.7 Å². The molecule has 0 spiro atoms. The first-order valence-corrected chi connectivity index (χ1v) is 8.76. The van der Waals surface area contributed by atoms with Crippen molar-refractivity contribution in [2.75, 3.05) is 14.2 Å². The zero-order chi connectivity index (χ0) is 14.9. The van der Waals surface area contributed by atoms with Gasteiger partial charge in [-0.05, 0) is 23.8 Å². The second-order valence-corrected chi connectivity index (χ2v) is 7.93. The molecule has 0 amide bonds. The first kappa shape index (κ1) is 16.4. The molecule has 0 bridgehead atoms. The second-order valence-electron chi connectivity index (χ2n) is 3.87. The topological polar surface area (TPSA) is 18.5 Å². The van der Waals surface area contributed by atoms with Gasteiger partial charge in [-0.1, -0.05) is 55.1 Å². The second kappa shape index (κ2) is 6.88. The minimum Gasteiger partial charge on any atom is -0.493 e.